The van der Waals surface area contributed by atoms with Crippen molar-refractivity contribution < 1.29 is 19.0 Å². The highest BCUT2D eigenvalue weighted by Gasteiger charge is 2.36. The van der Waals surface area contributed by atoms with Gasteiger partial charge in [0.1, 0.15) is 17.2 Å². The third-order valence-electron chi connectivity index (χ3n) is 6.99. The Morgan fingerprint density at radius 3 is 2.46 bits per heavy atom. The van der Waals surface area contributed by atoms with E-state index in [2.05, 4.69) is 22.3 Å². The summed E-state index contributed by atoms with van der Waals surface area (Å²) in [6, 6.07) is 13.6. The van der Waals surface area contributed by atoms with E-state index in [1.54, 1.807) is 45.1 Å². The predicted molar refractivity (Wildman–Crippen MR) is 139 cm³/mol. The lowest BCUT2D eigenvalue weighted by atomic mass is 9.88. The highest BCUT2D eigenvalue weighted by atomic mass is 32.1. The van der Waals surface area contributed by atoms with E-state index in [0.29, 0.717) is 17.2 Å². The molecule has 1 aliphatic carbocycles. The Balaban J connectivity index is 1.46. The van der Waals surface area contributed by atoms with Crippen molar-refractivity contribution in [2.24, 2.45) is 0 Å². The van der Waals surface area contributed by atoms with E-state index in [0.717, 1.165) is 24.3 Å². The van der Waals surface area contributed by atoms with E-state index in [9.17, 15) is 4.79 Å². The zero-order valence-electron chi connectivity index (χ0n) is 20.6. The first-order valence-electron chi connectivity index (χ1n) is 12.1. The Bertz CT molecular complexity index is 1200. The number of carbonyl (C=O) groups excluding carboxylic acids is 1. The SMILES string of the molecule is COc1cc(NC(=O)CN2CCc3c(sc4c3CCCC4)[C@H]2c2ccccc2OC)cc(OC)c1. The first-order valence-corrected chi connectivity index (χ1v) is 13.0. The number of ether oxygens (including phenoxy) is 3. The molecule has 0 unspecified atom stereocenters. The van der Waals surface area contributed by atoms with Gasteiger partial charge >= 0.3 is 0 Å². The average molecular weight is 493 g/mol. The summed E-state index contributed by atoms with van der Waals surface area (Å²) in [4.78, 5) is 18.5. The number of hydrogen-bond acceptors (Lipinski definition) is 6. The maximum Gasteiger partial charge on any atom is 0.238 e. The molecule has 0 fully saturated rings. The zero-order valence-corrected chi connectivity index (χ0v) is 21.4. The maximum atomic E-state index is 13.3. The number of hydrogen-bond donors (Lipinski definition) is 1. The molecule has 2 aliphatic rings. The van der Waals surface area contributed by atoms with Gasteiger partial charge in [-0.2, -0.15) is 0 Å². The Kier molecular flexibility index (Phi) is 6.97. The van der Waals surface area contributed by atoms with Gasteiger partial charge in [-0.15, -0.1) is 11.3 Å². The van der Waals surface area contributed by atoms with Crippen LogP contribution in [-0.4, -0.2) is 45.2 Å². The van der Waals surface area contributed by atoms with Crippen LogP contribution in [0.4, 0.5) is 5.69 Å². The molecule has 1 aliphatic heterocycles. The number of rotatable bonds is 7. The molecule has 35 heavy (non-hydrogen) atoms. The Labute approximate surface area is 210 Å². The number of anilines is 1. The number of fused-ring (bicyclic) bond motifs is 3. The van der Waals surface area contributed by atoms with Crippen LogP contribution in [0.25, 0.3) is 0 Å². The van der Waals surface area contributed by atoms with Gasteiger partial charge in [0.15, 0.2) is 0 Å². The van der Waals surface area contributed by atoms with Crippen LogP contribution >= 0.6 is 11.3 Å². The lowest BCUT2D eigenvalue weighted by Gasteiger charge is -2.36. The minimum Gasteiger partial charge on any atom is -0.497 e. The summed E-state index contributed by atoms with van der Waals surface area (Å²) in [5.41, 5.74) is 4.85. The van der Waals surface area contributed by atoms with E-state index in [1.807, 2.05) is 23.5 Å². The highest BCUT2D eigenvalue weighted by molar-refractivity contribution is 7.12. The van der Waals surface area contributed by atoms with Crippen molar-refractivity contribution >= 4 is 22.9 Å². The van der Waals surface area contributed by atoms with E-state index in [-0.39, 0.29) is 18.5 Å². The summed E-state index contributed by atoms with van der Waals surface area (Å²) in [5, 5.41) is 3.04. The quantitative estimate of drug-likeness (QED) is 0.489. The molecule has 0 radical (unpaired) electrons. The fraction of sp³-hybridized carbons (Fsp3) is 0.393. The van der Waals surface area contributed by atoms with Gasteiger partial charge in [-0.25, -0.2) is 0 Å². The van der Waals surface area contributed by atoms with E-state index < -0.39 is 0 Å². The summed E-state index contributed by atoms with van der Waals surface area (Å²) in [5.74, 6) is 2.07. The van der Waals surface area contributed by atoms with E-state index >= 15 is 0 Å². The summed E-state index contributed by atoms with van der Waals surface area (Å²) in [7, 11) is 4.92. The zero-order chi connectivity index (χ0) is 24.4. The molecule has 7 heteroatoms. The Morgan fingerprint density at radius 1 is 0.971 bits per heavy atom. The van der Waals surface area contributed by atoms with Crippen molar-refractivity contribution in [1.82, 2.24) is 4.90 Å². The van der Waals surface area contributed by atoms with Gasteiger partial charge in [0.05, 0.1) is 33.9 Å². The summed E-state index contributed by atoms with van der Waals surface area (Å²) in [6.07, 6.45) is 5.86. The normalized spacial score (nSPS) is 17.3. The van der Waals surface area contributed by atoms with Crippen molar-refractivity contribution in [1.29, 1.82) is 0 Å². The standard InChI is InChI=1S/C28H32N2O4S/c1-32-19-14-18(15-20(16-19)33-2)29-26(31)17-30-13-12-22-21-8-5-7-11-25(21)35-28(22)27(30)23-9-4-6-10-24(23)34-3/h4,6,9-10,14-16,27H,5,7-8,11-13,17H2,1-3H3,(H,29,31)/t27-/m1/s1. The fourth-order valence-corrected chi connectivity index (χ4v) is 6.96. The van der Waals surface area contributed by atoms with Crippen LogP contribution in [0.3, 0.4) is 0 Å². The van der Waals surface area contributed by atoms with Gasteiger partial charge in [-0.05, 0) is 49.3 Å². The van der Waals surface area contributed by atoms with Crippen LogP contribution in [-0.2, 0) is 24.1 Å². The first kappa shape index (κ1) is 23.7. The number of para-hydroxylation sites is 1. The molecule has 6 nitrogen and oxygen atoms in total. The minimum atomic E-state index is -0.0648. The molecule has 0 bridgehead atoms. The third-order valence-corrected chi connectivity index (χ3v) is 8.38. The van der Waals surface area contributed by atoms with E-state index in [1.165, 1.54) is 41.0 Å². The molecule has 0 saturated heterocycles. The lowest BCUT2D eigenvalue weighted by molar-refractivity contribution is -0.117. The topological polar surface area (TPSA) is 60.0 Å². The molecule has 184 valence electrons. The van der Waals surface area contributed by atoms with Crippen molar-refractivity contribution in [3.8, 4) is 17.2 Å². The van der Waals surface area contributed by atoms with Crippen molar-refractivity contribution in [2.45, 2.75) is 38.1 Å². The second-order valence-corrected chi connectivity index (χ2v) is 10.2. The second kappa shape index (κ2) is 10.3. The Hall–Kier alpha value is -3.03. The number of methoxy groups -OCH3 is 3. The molecule has 1 aromatic heterocycles. The molecule has 3 aromatic rings. The fourth-order valence-electron chi connectivity index (χ4n) is 5.36. The molecule has 2 aromatic carbocycles. The number of amides is 1. The summed E-state index contributed by atoms with van der Waals surface area (Å²) in [6.45, 7) is 1.11. The van der Waals surface area contributed by atoms with Gasteiger partial charge in [0.25, 0.3) is 0 Å². The van der Waals surface area contributed by atoms with Crippen molar-refractivity contribution in [2.75, 3.05) is 39.7 Å². The maximum absolute atomic E-state index is 13.3. The van der Waals surface area contributed by atoms with Crippen LogP contribution in [0.2, 0.25) is 0 Å². The number of nitrogens with one attached hydrogen (secondary N) is 1. The van der Waals surface area contributed by atoms with Crippen LogP contribution in [0.15, 0.2) is 42.5 Å². The van der Waals surface area contributed by atoms with Gasteiger partial charge in [-0.1, -0.05) is 18.2 Å². The summed E-state index contributed by atoms with van der Waals surface area (Å²) >= 11 is 1.94. The molecule has 0 saturated carbocycles. The molecular weight excluding hydrogens is 460 g/mol. The number of aryl methyl sites for hydroxylation is 1. The van der Waals surface area contributed by atoms with Crippen LogP contribution in [0.1, 0.15) is 45.3 Å². The number of nitrogens with zero attached hydrogens (tertiary/aromatic N) is 1. The van der Waals surface area contributed by atoms with E-state index in [4.69, 9.17) is 14.2 Å². The number of benzene rings is 2. The van der Waals surface area contributed by atoms with Gasteiger partial charge < -0.3 is 19.5 Å². The molecule has 0 spiro atoms. The van der Waals surface area contributed by atoms with Crippen molar-refractivity contribution in [3.05, 3.63) is 68.9 Å². The number of carbonyl (C=O) groups is 1. The summed E-state index contributed by atoms with van der Waals surface area (Å²) < 4.78 is 16.5. The van der Waals surface area contributed by atoms with Gasteiger partial charge in [0.2, 0.25) is 5.91 Å². The molecule has 1 atom stereocenters. The van der Waals surface area contributed by atoms with Crippen LogP contribution in [0, 0.1) is 0 Å². The Morgan fingerprint density at radius 2 is 1.71 bits per heavy atom. The van der Waals surface area contributed by atoms with Crippen molar-refractivity contribution in [3.63, 3.8) is 0 Å². The van der Waals surface area contributed by atoms with Gasteiger partial charge in [0, 0.05) is 45.7 Å². The highest BCUT2D eigenvalue weighted by Crippen LogP contribution is 2.46. The molecule has 1 amide bonds. The first-order chi connectivity index (χ1) is 17.1. The van der Waals surface area contributed by atoms with Gasteiger partial charge in [-0.3, -0.25) is 9.69 Å². The average Bonchev–Trinajstić information content (AvgIpc) is 3.26. The molecule has 5 rings (SSSR count). The molecule has 1 N–H and O–H groups in total. The van der Waals surface area contributed by atoms with Crippen LogP contribution in [0.5, 0.6) is 17.2 Å². The third kappa shape index (κ3) is 4.75. The van der Waals surface area contributed by atoms with Crippen LogP contribution < -0.4 is 19.5 Å². The number of thiophene rings is 1. The smallest absolute Gasteiger partial charge is 0.238 e. The second-order valence-electron chi connectivity index (χ2n) is 9.07. The monoisotopic (exact) mass is 492 g/mol. The largest absolute Gasteiger partial charge is 0.497 e. The minimum absolute atomic E-state index is 0.00362. The lowest BCUT2D eigenvalue weighted by Crippen LogP contribution is -2.40. The predicted octanol–water partition coefficient (Wildman–Crippen LogP) is 5.24. The molecular formula is C28H32N2O4S. The molecule has 2 heterocycles.